The number of nitrogens with one attached hydrogen (secondary N) is 1. The predicted molar refractivity (Wildman–Crippen MR) is 90.2 cm³/mol. The van der Waals surface area contributed by atoms with Crippen molar-refractivity contribution in [3.8, 4) is 0 Å². The Morgan fingerprint density at radius 3 is 2.85 bits per heavy atom. The molecule has 1 aliphatic heterocycles. The second kappa shape index (κ2) is 8.32. The Labute approximate surface area is 130 Å². The van der Waals surface area contributed by atoms with E-state index in [-0.39, 0.29) is 0 Å². The summed E-state index contributed by atoms with van der Waals surface area (Å²) in [6, 6.07) is 2.98. The van der Waals surface area contributed by atoms with E-state index < -0.39 is 0 Å². The quantitative estimate of drug-likeness (QED) is 0.598. The van der Waals surface area contributed by atoms with Gasteiger partial charge in [-0.2, -0.15) is 28.6 Å². The fourth-order valence-corrected chi connectivity index (χ4v) is 5.48. The van der Waals surface area contributed by atoms with Gasteiger partial charge >= 0.3 is 0 Å². The second-order valence-corrected chi connectivity index (χ2v) is 7.72. The summed E-state index contributed by atoms with van der Waals surface area (Å²) in [5.41, 5.74) is 4.15. The van der Waals surface area contributed by atoms with Gasteiger partial charge in [0.15, 0.2) is 0 Å². The first-order valence-corrected chi connectivity index (χ1v) is 9.68. The molecule has 0 spiro atoms. The van der Waals surface area contributed by atoms with E-state index in [1.165, 1.54) is 17.3 Å². The van der Waals surface area contributed by atoms with E-state index in [0.29, 0.717) is 17.3 Å². The first kappa shape index (κ1) is 16.2. The van der Waals surface area contributed by atoms with Gasteiger partial charge < -0.3 is 0 Å². The molecular weight excluding hydrogens is 288 g/mol. The van der Waals surface area contributed by atoms with Crippen LogP contribution in [0.4, 0.5) is 0 Å². The number of aromatic nitrogens is 2. The Morgan fingerprint density at radius 1 is 1.45 bits per heavy atom. The van der Waals surface area contributed by atoms with Crippen LogP contribution in [0.25, 0.3) is 0 Å². The normalized spacial score (nSPS) is 21.3. The van der Waals surface area contributed by atoms with Crippen molar-refractivity contribution in [2.75, 3.05) is 17.3 Å². The molecule has 1 fully saturated rings. The number of nitrogens with two attached hydrogens (primary N) is 1. The summed E-state index contributed by atoms with van der Waals surface area (Å²) in [5.74, 6) is 9.45. The molecule has 1 saturated heterocycles. The fourth-order valence-electron chi connectivity index (χ4n) is 2.61. The van der Waals surface area contributed by atoms with E-state index in [4.69, 9.17) is 10.9 Å². The highest BCUT2D eigenvalue weighted by molar-refractivity contribution is 8.06. The number of thioether (sulfide) groups is 2. The average Bonchev–Trinajstić information content (AvgIpc) is 2.95. The smallest absolute Gasteiger partial charge is 0.0641 e. The van der Waals surface area contributed by atoms with Crippen molar-refractivity contribution >= 4 is 23.5 Å². The topological polar surface area (TPSA) is 55.9 Å². The third kappa shape index (κ3) is 4.16. The molecule has 1 aromatic rings. The number of hydrogen-bond acceptors (Lipinski definition) is 5. The van der Waals surface area contributed by atoms with Crippen LogP contribution in [0.2, 0.25) is 0 Å². The molecule has 1 aliphatic rings. The Morgan fingerprint density at radius 2 is 2.25 bits per heavy atom. The van der Waals surface area contributed by atoms with Crippen LogP contribution in [-0.4, -0.2) is 38.3 Å². The molecule has 0 aromatic carbocycles. The minimum Gasteiger partial charge on any atom is -0.271 e. The highest BCUT2D eigenvalue weighted by Crippen LogP contribution is 2.27. The largest absolute Gasteiger partial charge is 0.271 e. The zero-order chi connectivity index (χ0) is 14.4. The van der Waals surface area contributed by atoms with Gasteiger partial charge in [0, 0.05) is 41.2 Å². The zero-order valence-electron chi connectivity index (χ0n) is 12.4. The summed E-state index contributed by atoms with van der Waals surface area (Å²) in [6.45, 7) is 4.44. The van der Waals surface area contributed by atoms with Crippen LogP contribution in [-0.2, 0) is 6.42 Å². The summed E-state index contributed by atoms with van der Waals surface area (Å²) in [5, 5.41) is 5.33. The van der Waals surface area contributed by atoms with Gasteiger partial charge in [-0.3, -0.25) is 16.0 Å². The number of nitrogens with zero attached hydrogens (tertiary/aromatic N) is 2. The molecule has 0 amide bonds. The Hall–Kier alpha value is -0.170. The number of rotatable bonds is 7. The standard InChI is InChI=1S/C14H26N4S2/c1-3-12(4-2)18-6-5-11(17-18)9-13(16-15)14-10-19-7-8-20-14/h5-6,12-14,16H,3-4,7-10,15H2,1-2H3. The molecule has 0 aliphatic carbocycles. The molecule has 1 aromatic heterocycles. The van der Waals surface area contributed by atoms with Crippen LogP contribution in [0.15, 0.2) is 12.3 Å². The van der Waals surface area contributed by atoms with Gasteiger partial charge in [0.25, 0.3) is 0 Å². The molecule has 3 N–H and O–H groups in total. The van der Waals surface area contributed by atoms with E-state index >= 15 is 0 Å². The molecular formula is C14H26N4S2. The number of hydrogen-bond donors (Lipinski definition) is 2. The summed E-state index contributed by atoms with van der Waals surface area (Å²) >= 11 is 4.07. The lowest BCUT2D eigenvalue weighted by atomic mass is 10.1. The SMILES string of the molecule is CCC(CC)n1ccc(CC(NN)C2CSCCS2)n1. The van der Waals surface area contributed by atoms with Crippen molar-refractivity contribution in [3.63, 3.8) is 0 Å². The van der Waals surface area contributed by atoms with E-state index in [2.05, 4.69) is 36.2 Å². The van der Waals surface area contributed by atoms with Crippen molar-refractivity contribution in [3.05, 3.63) is 18.0 Å². The Kier molecular flexibility index (Phi) is 6.74. The lowest BCUT2D eigenvalue weighted by molar-refractivity contribution is 0.422. The lowest BCUT2D eigenvalue weighted by Gasteiger charge is -2.28. The monoisotopic (exact) mass is 314 g/mol. The van der Waals surface area contributed by atoms with E-state index in [9.17, 15) is 0 Å². The molecule has 0 radical (unpaired) electrons. The van der Waals surface area contributed by atoms with E-state index in [1.54, 1.807) is 0 Å². The molecule has 2 unspecified atom stereocenters. The zero-order valence-corrected chi connectivity index (χ0v) is 14.1. The van der Waals surface area contributed by atoms with Gasteiger partial charge in [0.1, 0.15) is 0 Å². The van der Waals surface area contributed by atoms with Gasteiger partial charge in [-0.1, -0.05) is 13.8 Å². The van der Waals surface area contributed by atoms with Crippen LogP contribution in [0.1, 0.15) is 38.4 Å². The molecule has 2 rings (SSSR count). The van der Waals surface area contributed by atoms with Crippen molar-refractivity contribution in [2.24, 2.45) is 5.84 Å². The van der Waals surface area contributed by atoms with Gasteiger partial charge in [-0.05, 0) is 18.9 Å². The van der Waals surface area contributed by atoms with Crippen LogP contribution in [0, 0.1) is 0 Å². The molecule has 6 heteroatoms. The first-order valence-electron chi connectivity index (χ1n) is 7.48. The third-order valence-corrected chi connectivity index (χ3v) is 6.83. The van der Waals surface area contributed by atoms with Crippen molar-refractivity contribution < 1.29 is 0 Å². The van der Waals surface area contributed by atoms with Crippen LogP contribution in [0.3, 0.4) is 0 Å². The second-order valence-electron chi connectivity index (χ2n) is 5.22. The maximum Gasteiger partial charge on any atom is 0.0641 e. The summed E-state index contributed by atoms with van der Waals surface area (Å²) < 4.78 is 2.12. The summed E-state index contributed by atoms with van der Waals surface area (Å²) in [7, 11) is 0. The summed E-state index contributed by atoms with van der Waals surface area (Å²) in [4.78, 5) is 0. The van der Waals surface area contributed by atoms with E-state index in [0.717, 1.165) is 25.0 Å². The molecule has 4 nitrogen and oxygen atoms in total. The maximum absolute atomic E-state index is 5.76. The minimum atomic E-state index is 0.317. The highest BCUT2D eigenvalue weighted by atomic mass is 32.2. The van der Waals surface area contributed by atoms with Crippen LogP contribution >= 0.6 is 23.5 Å². The van der Waals surface area contributed by atoms with Crippen molar-refractivity contribution in [1.82, 2.24) is 15.2 Å². The van der Waals surface area contributed by atoms with Gasteiger partial charge in [0.05, 0.1) is 11.7 Å². The van der Waals surface area contributed by atoms with E-state index in [1.807, 2.05) is 23.5 Å². The number of hydrazine groups is 1. The molecule has 2 atom stereocenters. The first-order chi connectivity index (χ1) is 9.78. The molecule has 2 heterocycles. The Balaban J connectivity index is 1.96. The molecule has 114 valence electrons. The highest BCUT2D eigenvalue weighted by Gasteiger charge is 2.24. The average molecular weight is 315 g/mol. The fraction of sp³-hybridized carbons (Fsp3) is 0.786. The molecule has 0 bridgehead atoms. The van der Waals surface area contributed by atoms with Crippen molar-refractivity contribution in [2.45, 2.75) is 50.4 Å². The van der Waals surface area contributed by atoms with Crippen molar-refractivity contribution in [1.29, 1.82) is 0 Å². The van der Waals surface area contributed by atoms with Gasteiger partial charge in [-0.25, -0.2) is 0 Å². The van der Waals surface area contributed by atoms with Crippen LogP contribution < -0.4 is 11.3 Å². The Bertz CT molecular complexity index is 386. The molecule has 0 saturated carbocycles. The minimum absolute atomic E-state index is 0.317. The predicted octanol–water partition coefficient (Wildman–Crippen LogP) is 2.47. The van der Waals surface area contributed by atoms with Gasteiger partial charge in [-0.15, -0.1) is 0 Å². The van der Waals surface area contributed by atoms with Gasteiger partial charge in [0.2, 0.25) is 0 Å². The molecule has 20 heavy (non-hydrogen) atoms. The maximum atomic E-state index is 5.76. The van der Waals surface area contributed by atoms with Crippen LogP contribution in [0.5, 0.6) is 0 Å². The lowest BCUT2D eigenvalue weighted by Crippen LogP contribution is -2.46. The third-order valence-electron chi connectivity index (χ3n) is 3.91. The summed E-state index contributed by atoms with van der Waals surface area (Å²) in [6.07, 6.45) is 5.29.